The van der Waals surface area contributed by atoms with E-state index in [1.807, 2.05) is 18.2 Å². The second kappa shape index (κ2) is 8.51. The lowest BCUT2D eigenvalue weighted by molar-refractivity contribution is 0.590. The second-order valence-corrected chi connectivity index (χ2v) is 9.29. The smallest absolute Gasteiger partial charge is 0.169 e. The van der Waals surface area contributed by atoms with E-state index in [1.54, 1.807) is 6.33 Å². The largest absolute Gasteiger partial charge is 0.282 e. The summed E-state index contributed by atoms with van der Waals surface area (Å²) in [6.07, 6.45) is 1.80. The first kappa shape index (κ1) is 20.9. The molecule has 3 nitrogen and oxygen atoms in total. The van der Waals surface area contributed by atoms with E-state index in [9.17, 15) is 0 Å². The van der Waals surface area contributed by atoms with E-state index < -0.39 is 0 Å². The molecule has 33 heavy (non-hydrogen) atoms. The molecule has 0 saturated carbocycles. The quantitative estimate of drug-likeness (QED) is 0.295. The van der Waals surface area contributed by atoms with Crippen molar-refractivity contribution in [1.82, 2.24) is 14.8 Å². The number of aromatic nitrogens is 3. The van der Waals surface area contributed by atoms with Crippen LogP contribution < -0.4 is 0 Å². The first-order valence-electron chi connectivity index (χ1n) is 11.3. The lowest BCUT2D eigenvalue weighted by Crippen LogP contribution is -2.12. The molecule has 3 heteroatoms. The number of rotatable bonds is 4. The number of benzene rings is 4. The van der Waals surface area contributed by atoms with Crippen LogP contribution in [0.15, 0.2) is 109 Å². The molecule has 0 spiro atoms. The number of para-hydroxylation sites is 1. The Labute approximate surface area is 195 Å². The van der Waals surface area contributed by atoms with Crippen molar-refractivity contribution in [1.29, 1.82) is 0 Å². The Morgan fingerprint density at radius 1 is 0.636 bits per heavy atom. The standard InChI is InChI=1S/C30H27N3/c1-30(2,3)24-19-26(22-13-7-4-8-14-22)28(23-15-9-5-10-16-23)27(20-24)29-32-31-21-33(29)25-17-11-6-12-18-25/h4-21H,1-3H3. The van der Waals surface area contributed by atoms with Crippen LogP contribution in [0.3, 0.4) is 0 Å². The van der Waals surface area contributed by atoms with Gasteiger partial charge in [-0.2, -0.15) is 0 Å². The topological polar surface area (TPSA) is 30.7 Å². The molecule has 162 valence electrons. The van der Waals surface area contributed by atoms with E-state index in [-0.39, 0.29) is 5.41 Å². The zero-order valence-corrected chi connectivity index (χ0v) is 19.2. The fourth-order valence-corrected chi connectivity index (χ4v) is 4.21. The zero-order valence-electron chi connectivity index (χ0n) is 19.2. The van der Waals surface area contributed by atoms with Crippen molar-refractivity contribution in [2.45, 2.75) is 26.2 Å². The summed E-state index contributed by atoms with van der Waals surface area (Å²) < 4.78 is 2.07. The monoisotopic (exact) mass is 429 g/mol. The van der Waals surface area contributed by atoms with Crippen LogP contribution in [0.1, 0.15) is 26.3 Å². The van der Waals surface area contributed by atoms with Crippen LogP contribution in [0.2, 0.25) is 0 Å². The van der Waals surface area contributed by atoms with Crippen molar-refractivity contribution in [3.05, 3.63) is 115 Å². The predicted molar refractivity (Wildman–Crippen MR) is 136 cm³/mol. The lowest BCUT2D eigenvalue weighted by Gasteiger charge is -2.24. The molecular weight excluding hydrogens is 402 g/mol. The normalized spacial score (nSPS) is 11.5. The SMILES string of the molecule is CC(C)(C)c1cc(-c2ccccc2)c(-c2ccccc2)c(-c2nncn2-c2ccccc2)c1. The van der Waals surface area contributed by atoms with Gasteiger partial charge in [0.1, 0.15) is 6.33 Å². The third-order valence-corrected chi connectivity index (χ3v) is 5.97. The molecule has 0 radical (unpaired) electrons. The van der Waals surface area contributed by atoms with Crippen LogP contribution >= 0.6 is 0 Å². The summed E-state index contributed by atoms with van der Waals surface area (Å²) in [4.78, 5) is 0. The molecule has 0 saturated heterocycles. The molecule has 0 amide bonds. The lowest BCUT2D eigenvalue weighted by atomic mass is 9.80. The summed E-state index contributed by atoms with van der Waals surface area (Å²) in [7, 11) is 0. The molecule has 0 fully saturated rings. The number of nitrogens with zero attached hydrogens (tertiary/aromatic N) is 3. The maximum atomic E-state index is 4.62. The predicted octanol–water partition coefficient (Wildman–Crippen LogP) is 7.57. The van der Waals surface area contributed by atoms with E-state index in [1.165, 1.54) is 22.3 Å². The maximum Gasteiger partial charge on any atom is 0.169 e. The summed E-state index contributed by atoms with van der Waals surface area (Å²) in [6.45, 7) is 6.76. The van der Waals surface area contributed by atoms with Crippen LogP contribution in [0.5, 0.6) is 0 Å². The summed E-state index contributed by atoms with van der Waals surface area (Å²) >= 11 is 0. The summed E-state index contributed by atoms with van der Waals surface area (Å²) in [5.74, 6) is 0.836. The zero-order chi connectivity index (χ0) is 22.8. The van der Waals surface area contributed by atoms with Crippen molar-refractivity contribution in [3.8, 4) is 39.3 Å². The summed E-state index contributed by atoms with van der Waals surface area (Å²) in [5.41, 5.74) is 8.08. The third-order valence-electron chi connectivity index (χ3n) is 5.97. The van der Waals surface area contributed by atoms with E-state index in [0.29, 0.717) is 0 Å². The third kappa shape index (κ3) is 4.10. The van der Waals surface area contributed by atoms with Gasteiger partial charge in [0.15, 0.2) is 5.82 Å². The van der Waals surface area contributed by atoms with Gasteiger partial charge in [0.25, 0.3) is 0 Å². The van der Waals surface area contributed by atoms with Gasteiger partial charge in [-0.05, 0) is 51.9 Å². The van der Waals surface area contributed by atoms with E-state index in [0.717, 1.165) is 22.6 Å². The minimum absolute atomic E-state index is 0.0227. The highest BCUT2D eigenvalue weighted by Crippen LogP contribution is 2.43. The average Bonchev–Trinajstić information content (AvgIpc) is 3.34. The van der Waals surface area contributed by atoms with E-state index in [4.69, 9.17) is 0 Å². The van der Waals surface area contributed by atoms with Gasteiger partial charge in [-0.15, -0.1) is 10.2 Å². The molecule has 0 atom stereocenters. The molecule has 0 N–H and O–H groups in total. The first-order valence-corrected chi connectivity index (χ1v) is 11.3. The highest BCUT2D eigenvalue weighted by molar-refractivity contribution is 5.94. The Hall–Kier alpha value is -3.98. The van der Waals surface area contributed by atoms with Gasteiger partial charge in [-0.3, -0.25) is 4.57 Å². The molecule has 5 rings (SSSR count). The van der Waals surface area contributed by atoms with Gasteiger partial charge in [-0.1, -0.05) is 99.6 Å². The van der Waals surface area contributed by atoms with E-state index >= 15 is 0 Å². The first-order chi connectivity index (χ1) is 16.0. The molecule has 0 unspecified atom stereocenters. The minimum atomic E-state index is -0.0227. The van der Waals surface area contributed by atoms with Crippen LogP contribution in [0.4, 0.5) is 0 Å². The average molecular weight is 430 g/mol. The molecule has 0 aliphatic heterocycles. The molecule has 0 bridgehead atoms. The van der Waals surface area contributed by atoms with Gasteiger partial charge in [0.05, 0.1) is 0 Å². The fourth-order valence-electron chi connectivity index (χ4n) is 4.21. The Bertz CT molecular complexity index is 1360. The van der Waals surface area contributed by atoms with Gasteiger partial charge in [-0.25, -0.2) is 0 Å². The Kier molecular flexibility index (Phi) is 5.39. The van der Waals surface area contributed by atoms with Crippen molar-refractivity contribution < 1.29 is 0 Å². The minimum Gasteiger partial charge on any atom is -0.282 e. The van der Waals surface area contributed by atoms with Gasteiger partial charge in [0.2, 0.25) is 0 Å². The Balaban J connectivity index is 1.88. The molecule has 0 aliphatic carbocycles. The van der Waals surface area contributed by atoms with Crippen molar-refractivity contribution in [2.75, 3.05) is 0 Å². The Morgan fingerprint density at radius 2 is 1.18 bits per heavy atom. The molecule has 1 heterocycles. The van der Waals surface area contributed by atoms with Crippen molar-refractivity contribution in [3.63, 3.8) is 0 Å². The molecule has 4 aromatic carbocycles. The fraction of sp³-hybridized carbons (Fsp3) is 0.133. The maximum absolute atomic E-state index is 4.62. The highest BCUT2D eigenvalue weighted by atomic mass is 15.3. The molecule has 1 aromatic heterocycles. The highest BCUT2D eigenvalue weighted by Gasteiger charge is 2.24. The Morgan fingerprint density at radius 3 is 1.79 bits per heavy atom. The van der Waals surface area contributed by atoms with Gasteiger partial charge in [0, 0.05) is 16.8 Å². The summed E-state index contributed by atoms with van der Waals surface area (Å²) in [6, 6.07) is 36.1. The number of hydrogen-bond acceptors (Lipinski definition) is 2. The number of hydrogen-bond donors (Lipinski definition) is 0. The molecular formula is C30H27N3. The van der Waals surface area contributed by atoms with Gasteiger partial charge >= 0.3 is 0 Å². The van der Waals surface area contributed by atoms with Crippen molar-refractivity contribution >= 4 is 0 Å². The van der Waals surface area contributed by atoms with E-state index in [2.05, 4.69) is 120 Å². The van der Waals surface area contributed by atoms with Crippen molar-refractivity contribution in [2.24, 2.45) is 0 Å². The van der Waals surface area contributed by atoms with Crippen LogP contribution in [-0.2, 0) is 5.41 Å². The molecule has 5 aromatic rings. The van der Waals surface area contributed by atoms with Crippen LogP contribution in [0.25, 0.3) is 39.3 Å². The van der Waals surface area contributed by atoms with Gasteiger partial charge < -0.3 is 0 Å². The van der Waals surface area contributed by atoms with Crippen LogP contribution in [0, 0.1) is 0 Å². The summed E-state index contributed by atoms with van der Waals surface area (Å²) in [5, 5.41) is 8.94. The van der Waals surface area contributed by atoms with Crippen LogP contribution in [-0.4, -0.2) is 14.8 Å². The molecule has 0 aliphatic rings. The second-order valence-electron chi connectivity index (χ2n) is 9.29.